The molecule has 0 atom stereocenters. The Kier molecular flexibility index (Phi) is 8.44. The van der Waals surface area contributed by atoms with Crippen molar-refractivity contribution < 1.29 is 33.4 Å². The van der Waals surface area contributed by atoms with Crippen LogP contribution in [0, 0.1) is 11.6 Å². The number of carbonyl (C=O) groups is 3. The average molecular weight is 415 g/mol. The van der Waals surface area contributed by atoms with Gasteiger partial charge in [-0.05, 0) is 12.1 Å². The molecular weight excluding hydrogens is 402 g/mol. The highest BCUT2D eigenvalue weighted by molar-refractivity contribution is 6.24. The topological polar surface area (TPSA) is 148 Å². The largest absolute Gasteiger partial charge is 0.478 e. The summed E-state index contributed by atoms with van der Waals surface area (Å²) in [5.74, 6) is -3.84. The van der Waals surface area contributed by atoms with Crippen molar-refractivity contribution in [2.75, 3.05) is 11.6 Å². The second kappa shape index (κ2) is 10.5. The number of nitrogen functional groups attached to an aromatic ring is 1. The molecule has 0 aliphatic rings. The number of nitrogens with zero attached hydrogens (tertiary/aromatic N) is 3. The Balaban J connectivity index is 0.000000239. The van der Waals surface area contributed by atoms with Crippen molar-refractivity contribution in [3.63, 3.8) is 0 Å². The summed E-state index contributed by atoms with van der Waals surface area (Å²) >= 11 is 4.82. The molecule has 3 heterocycles. The zero-order valence-corrected chi connectivity index (χ0v) is 14.7. The van der Waals surface area contributed by atoms with Gasteiger partial charge < -0.3 is 25.1 Å². The molecule has 0 spiro atoms. The second-order valence-corrected chi connectivity index (χ2v) is 5.06. The van der Waals surface area contributed by atoms with Gasteiger partial charge in [0.15, 0.2) is 5.65 Å². The van der Waals surface area contributed by atoms with E-state index in [1.807, 2.05) is 0 Å². The minimum absolute atomic E-state index is 0.111. The van der Waals surface area contributed by atoms with Crippen LogP contribution in [0.1, 0.15) is 20.7 Å². The van der Waals surface area contributed by atoms with Crippen LogP contribution in [-0.4, -0.2) is 48.7 Å². The molecule has 12 heteroatoms. The standard InChI is InChI=1S/C8H5FN2O2.C6H5FN2O2.C2H3ClO/c9-5-3-6(8(12)13)7-10-1-2-11(7)4-5;7-3-1-4(6(10)11)5(8)9-2-3;3-1-2-4/h1-4H,(H,12,13);1-2H,(H2,8,9)(H,10,11);2H,1H2. The van der Waals surface area contributed by atoms with Crippen molar-refractivity contribution in [2.45, 2.75) is 0 Å². The summed E-state index contributed by atoms with van der Waals surface area (Å²) in [6.07, 6.45) is 5.59. The first kappa shape index (κ1) is 22.4. The lowest BCUT2D eigenvalue weighted by Gasteiger charge is -1.98. The van der Waals surface area contributed by atoms with Gasteiger partial charge in [-0.25, -0.2) is 28.3 Å². The summed E-state index contributed by atoms with van der Waals surface area (Å²) in [7, 11) is 0. The van der Waals surface area contributed by atoms with E-state index in [0.717, 1.165) is 18.3 Å². The number of anilines is 1. The van der Waals surface area contributed by atoms with Crippen LogP contribution < -0.4 is 5.73 Å². The zero-order valence-electron chi connectivity index (χ0n) is 13.9. The van der Waals surface area contributed by atoms with E-state index in [1.165, 1.54) is 23.0 Å². The van der Waals surface area contributed by atoms with Crippen LogP contribution in [0.2, 0.25) is 0 Å². The Hall–Kier alpha value is -3.60. The number of imidazole rings is 1. The fourth-order valence-electron chi connectivity index (χ4n) is 1.78. The number of aromatic carboxylic acids is 2. The minimum atomic E-state index is -1.28. The third-order valence-electron chi connectivity index (χ3n) is 2.86. The Morgan fingerprint density at radius 3 is 2.21 bits per heavy atom. The molecule has 0 aliphatic heterocycles. The van der Waals surface area contributed by atoms with Crippen molar-refractivity contribution >= 4 is 41.3 Å². The van der Waals surface area contributed by atoms with Crippen molar-refractivity contribution in [3.05, 3.63) is 59.7 Å². The third-order valence-corrected chi connectivity index (χ3v) is 2.99. The van der Waals surface area contributed by atoms with Crippen LogP contribution in [0.25, 0.3) is 5.65 Å². The lowest BCUT2D eigenvalue weighted by molar-refractivity contribution is -0.105. The van der Waals surface area contributed by atoms with E-state index in [9.17, 15) is 18.4 Å². The maximum atomic E-state index is 12.8. The van der Waals surface area contributed by atoms with Gasteiger partial charge in [0.1, 0.15) is 34.9 Å². The highest BCUT2D eigenvalue weighted by Gasteiger charge is 2.11. The summed E-state index contributed by atoms with van der Waals surface area (Å²) in [5, 5.41) is 17.1. The maximum Gasteiger partial charge on any atom is 0.339 e. The summed E-state index contributed by atoms with van der Waals surface area (Å²) in [6.45, 7) is 0. The fraction of sp³-hybridized carbons (Fsp3) is 0.0625. The van der Waals surface area contributed by atoms with Gasteiger partial charge in [0.25, 0.3) is 0 Å². The Labute approximate surface area is 161 Å². The Morgan fingerprint density at radius 1 is 1.14 bits per heavy atom. The molecule has 0 radical (unpaired) electrons. The first-order chi connectivity index (χ1) is 13.2. The van der Waals surface area contributed by atoms with Gasteiger partial charge in [-0.3, -0.25) is 0 Å². The maximum absolute atomic E-state index is 12.8. The normalized spacial score (nSPS) is 9.54. The summed E-state index contributed by atoms with van der Waals surface area (Å²) in [6, 6.07) is 1.77. The van der Waals surface area contributed by atoms with E-state index in [-0.39, 0.29) is 28.5 Å². The molecular formula is C16H13ClF2N4O5. The van der Waals surface area contributed by atoms with Crippen LogP contribution in [0.4, 0.5) is 14.6 Å². The molecule has 3 aromatic rings. The van der Waals surface area contributed by atoms with E-state index in [1.54, 1.807) is 0 Å². The van der Waals surface area contributed by atoms with Crippen molar-refractivity contribution in [2.24, 2.45) is 0 Å². The molecule has 0 unspecified atom stereocenters. The molecule has 0 aliphatic carbocycles. The molecule has 0 aromatic carbocycles. The van der Waals surface area contributed by atoms with Crippen molar-refractivity contribution in [3.8, 4) is 0 Å². The highest BCUT2D eigenvalue weighted by Crippen LogP contribution is 2.11. The molecule has 3 aromatic heterocycles. The lowest BCUT2D eigenvalue weighted by atomic mass is 10.2. The molecule has 0 saturated carbocycles. The number of hydrogen-bond donors (Lipinski definition) is 3. The number of alkyl halides is 1. The van der Waals surface area contributed by atoms with E-state index in [0.29, 0.717) is 6.29 Å². The number of nitrogens with two attached hydrogens (primary N) is 1. The number of carboxylic acid groups (broad SMARTS) is 2. The molecule has 9 nitrogen and oxygen atoms in total. The smallest absolute Gasteiger partial charge is 0.339 e. The predicted molar refractivity (Wildman–Crippen MR) is 94.5 cm³/mol. The second-order valence-electron chi connectivity index (χ2n) is 4.75. The molecule has 148 valence electrons. The molecule has 0 bridgehead atoms. The summed E-state index contributed by atoms with van der Waals surface area (Å²) < 4.78 is 26.5. The minimum Gasteiger partial charge on any atom is -0.478 e. The Morgan fingerprint density at radius 2 is 1.71 bits per heavy atom. The van der Waals surface area contributed by atoms with E-state index in [2.05, 4.69) is 9.97 Å². The first-order valence-corrected chi connectivity index (χ1v) is 7.74. The molecule has 0 amide bonds. The number of pyridine rings is 2. The number of halogens is 3. The monoisotopic (exact) mass is 414 g/mol. The number of carboxylic acids is 2. The van der Waals surface area contributed by atoms with Crippen molar-refractivity contribution in [1.82, 2.24) is 14.4 Å². The third kappa shape index (κ3) is 6.29. The number of carbonyl (C=O) groups excluding carboxylic acids is 1. The first-order valence-electron chi connectivity index (χ1n) is 7.20. The summed E-state index contributed by atoms with van der Waals surface area (Å²) in [5.41, 5.74) is 4.93. The fourth-order valence-corrected chi connectivity index (χ4v) is 1.78. The number of aldehydes is 1. The van der Waals surface area contributed by atoms with Gasteiger partial charge in [0.2, 0.25) is 0 Å². The van der Waals surface area contributed by atoms with Gasteiger partial charge >= 0.3 is 11.9 Å². The molecule has 0 fully saturated rings. The van der Waals surface area contributed by atoms with Crippen LogP contribution in [0.3, 0.4) is 0 Å². The van der Waals surface area contributed by atoms with Crippen LogP contribution in [0.5, 0.6) is 0 Å². The zero-order chi connectivity index (χ0) is 21.3. The predicted octanol–water partition coefficient (Wildman–Crippen LogP) is 2.10. The average Bonchev–Trinajstić information content (AvgIpc) is 3.11. The van der Waals surface area contributed by atoms with Gasteiger partial charge in [-0.1, -0.05) is 0 Å². The van der Waals surface area contributed by atoms with E-state index < -0.39 is 23.6 Å². The molecule has 28 heavy (non-hydrogen) atoms. The van der Waals surface area contributed by atoms with Crippen LogP contribution in [-0.2, 0) is 4.79 Å². The molecule has 0 saturated heterocycles. The van der Waals surface area contributed by atoms with Crippen LogP contribution in [0.15, 0.2) is 36.9 Å². The van der Waals surface area contributed by atoms with E-state index in [4.69, 9.17) is 32.3 Å². The molecule has 4 N–H and O–H groups in total. The quantitative estimate of drug-likeness (QED) is 0.436. The van der Waals surface area contributed by atoms with E-state index >= 15 is 0 Å². The SMILES string of the molecule is Nc1ncc(F)cc1C(=O)O.O=C(O)c1cc(F)cn2ccnc12.O=CCCl. The summed E-state index contributed by atoms with van der Waals surface area (Å²) in [4.78, 5) is 37.1. The Bertz CT molecular complexity index is 996. The number of hydrogen-bond acceptors (Lipinski definition) is 6. The highest BCUT2D eigenvalue weighted by atomic mass is 35.5. The van der Waals surface area contributed by atoms with Crippen LogP contribution >= 0.6 is 11.6 Å². The van der Waals surface area contributed by atoms with Crippen molar-refractivity contribution in [1.29, 1.82) is 0 Å². The van der Waals surface area contributed by atoms with Gasteiger partial charge in [-0.15, -0.1) is 11.6 Å². The number of rotatable bonds is 3. The molecule has 3 rings (SSSR count). The van der Waals surface area contributed by atoms with Gasteiger partial charge in [0.05, 0.1) is 12.1 Å². The van der Waals surface area contributed by atoms with Gasteiger partial charge in [-0.2, -0.15) is 0 Å². The number of aromatic nitrogens is 3. The van der Waals surface area contributed by atoms with Gasteiger partial charge in [0, 0.05) is 18.6 Å². The number of fused-ring (bicyclic) bond motifs is 1. The lowest BCUT2D eigenvalue weighted by Crippen LogP contribution is -2.04.